The van der Waals surface area contributed by atoms with Crippen LogP contribution in [0.2, 0.25) is 0 Å². The molecule has 1 atom stereocenters. The van der Waals surface area contributed by atoms with Gasteiger partial charge >= 0.3 is 5.97 Å². The highest BCUT2D eigenvalue weighted by Crippen LogP contribution is 2.14. The lowest BCUT2D eigenvalue weighted by Crippen LogP contribution is -2.31. The molecule has 0 unspecified atom stereocenters. The molecule has 0 saturated heterocycles. The minimum Gasteiger partial charge on any atom is -0.480 e. The second-order valence-electron chi connectivity index (χ2n) is 4.86. The van der Waals surface area contributed by atoms with Gasteiger partial charge in [0.2, 0.25) is 0 Å². The first-order valence-electron chi connectivity index (χ1n) is 6.70. The van der Waals surface area contributed by atoms with E-state index in [2.05, 4.69) is 5.32 Å². The van der Waals surface area contributed by atoms with E-state index >= 15 is 0 Å². The van der Waals surface area contributed by atoms with E-state index in [0.717, 1.165) is 5.56 Å². The highest BCUT2D eigenvalue weighted by molar-refractivity contribution is 5.95. The van der Waals surface area contributed by atoms with Crippen molar-refractivity contribution in [2.24, 2.45) is 0 Å². The van der Waals surface area contributed by atoms with Crippen LogP contribution in [0.4, 0.5) is 5.69 Å². The number of hydrogen-bond donors (Lipinski definition) is 2. The SMILES string of the molecule is CC(=O)c1cccc(N[C@@H](Cc2ccccc2)C(=O)O)c1. The molecule has 0 amide bonds. The van der Waals surface area contributed by atoms with Crippen LogP contribution in [-0.4, -0.2) is 22.9 Å². The zero-order valence-corrected chi connectivity index (χ0v) is 11.7. The Kier molecular flexibility index (Phi) is 4.72. The van der Waals surface area contributed by atoms with E-state index < -0.39 is 12.0 Å². The average Bonchev–Trinajstić information content (AvgIpc) is 2.48. The maximum atomic E-state index is 11.4. The Labute approximate surface area is 123 Å². The molecular formula is C17H17NO3. The van der Waals surface area contributed by atoms with Gasteiger partial charge in [-0.15, -0.1) is 0 Å². The number of carbonyl (C=O) groups is 2. The van der Waals surface area contributed by atoms with Crippen molar-refractivity contribution < 1.29 is 14.7 Å². The van der Waals surface area contributed by atoms with Gasteiger partial charge in [0.1, 0.15) is 6.04 Å². The average molecular weight is 283 g/mol. The van der Waals surface area contributed by atoms with Gasteiger partial charge in [0, 0.05) is 17.7 Å². The van der Waals surface area contributed by atoms with Gasteiger partial charge in [0.05, 0.1) is 0 Å². The summed E-state index contributed by atoms with van der Waals surface area (Å²) in [6.07, 6.45) is 0.375. The van der Waals surface area contributed by atoms with E-state index in [1.807, 2.05) is 30.3 Å². The number of nitrogens with one attached hydrogen (secondary N) is 1. The molecule has 0 aliphatic rings. The molecule has 0 radical (unpaired) electrons. The van der Waals surface area contributed by atoms with Gasteiger partial charge in [0.15, 0.2) is 5.78 Å². The molecule has 0 spiro atoms. The van der Waals surface area contributed by atoms with Crippen LogP contribution in [0.5, 0.6) is 0 Å². The maximum Gasteiger partial charge on any atom is 0.326 e. The van der Waals surface area contributed by atoms with Crippen molar-refractivity contribution in [1.29, 1.82) is 0 Å². The molecular weight excluding hydrogens is 266 g/mol. The van der Waals surface area contributed by atoms with E-state index in [1.165, 1.54) is 6.92 Å². The smallest absolute Gasteiger partial charge is 0.326 e. The summed E-state index contributed by atoms with van der Waals surface area (Å²) in [7, 11) is 0. The second kappa shape index (κ2) is 6.70. The highest BCUT2D eigenvalue weighted by Gasteiger charge is 2.17. The van der Waals surface area contributed by atoms with Crippen molar-refractivity contribution >= 4 is 17.4 Å². The lowest BCUT2D eigenvalue weighted by atomic mass is 10.1. The van der Waals surface area contributed by atoms with Gasteiger partial charge in [-0.1, -0.05) is 42.5 Å². The monoisotopic (exact) mass is 283 g/mol. The van der Waals surface area contributed by atoms with E-state index in [-0.39, 0.29) is 5.78 Å². The molecule has 0 aliphatic heterocycles. The number of Topliss-reactive ketones (excluding diaryl/α,β-unsaturated/α-hetero) is 1. The standard InChI is InChI=1S/C17H17NO3/c1-12(19)14-8-5-9-15(11-14)18-16(17(20)21)10-13-6-3-2-4-7-13/h2-9,11,16,18H,10H2,1H3,(H,20,21)/t16-/m0/s1. The first-order chi connectivity index (χ1) is 10.1. The van der Waals surface area contributed by atoms with E-state index in [0.29, 0.717) is 17.7 Å². The van der Waals surface area contributed by atoms with Gasteiger partial charge in [-0.3, -0.25) is 4.79 Å². The zero-order valence-electron chi connectivity index (χ0n) is 11.7. The molecule has 4 heteroatoms. The molecule has 2 aromatic rings. The van der Waals surface area contributed by atoms with Crippen molar-refractivity contribution in [2.45, 2.75) is 19.4 Å². The zero-order chi connectivity index (χ0) is 15.2. The summed E-state index contributed by atoms with van der Waals surface area (Å²) in [6.45, 7) is 1.48. The predicted octanol–water partition coefficient (Wildman–Crippen LogP) is 3.00. The van der Waals surface area contributed by atoms with E-state index in [1.54, 1.807) is 24.3 Å². The van der Waals surface area contributed by atoms with Crippen LogP contribution in [0.1, 0.15) is 22.8 Å². The molecule has 108 valence electrons. The molecule has 0 bridgehead atoms. The normalized spacial score (nSPS) is 11.7. The fourth-order valence-corrected chi connectivity index (χ4v) is 2.08. The molecule has 2 aromatic carbocycles. The number of rotatable bonds is 6. The first-order valence-corrected chi connectivity index (χ1v) is 6.70. The third kappa shape index (κ3) is 4.18. The summed E-state index contributed by atoms with van der Waals surface area (Å²) >= 11 is 0. The molecule has 21 heavy (non-hydrogen) atoms. The lowest BCUT2D eigenvalue weighted by molar-refractivity contribution is -0.137. The van der Waals surface area contributed by atoms with Crippen LogP contribution in [0.15, 0.2) is 54.6 Å². The topological polar surface area (TPSA) is 66.4 Å². The third-order valence-electron chi connectivity index (χ3n) is 3.19. The molecule has 0 fully saturated rings. The molecule has 0 heterocycles. The summed E-state index contributed by atoms with van der Waals surface area (Å²) in [4.78, 5) is 22.8. The van der Waals surface area contributed by atoms with E-state index in [4.69, 9.17) is 0 Å². The van der Waals surface area contributed by atoms with Gasteiger partial charge in [-0.05, 0) is 24.6 Å². The number of benzene rings is 2. The maximum absolute atomic E-state index is 11.4. The fraction of sp³-hybridized carbons (Fsp3) is 0.176. The minimum absolute atomic E-state index is 0.0476. The van der Waals surface area contributed by atoms with Gasteiger partial charge < -0.3 is 10.4 Å². The molecule has 0 saturated carbocycles. The minimum atomic E-state index is -0.924. The molecule has 0 aliphatic carbocycles. The number of ketones is 1. The molecule has 4 nitrogen and oxygen atoms in total. The number of carboxylic acids is 1. The number of aliphatic carboxylic acids is 1. The van der Waals surface area contributed by atoms with Crippen LogP contribution in [0, 0.1) is 0 Å². The Morgan fingerprint density at radius 3 is 2.43 bits per heavy atom. The Morgan fingerprint density at radius 2 is 1.81 bits per heavy atom. The molecule has 2 N–H and O–H groups in total. The van der Waals surface area contributed by atoms with Gasteiger partial charge in [0.25, 0.3) is 0 Å². The van der Waals surface area contributed by atoms with Crippen molar-refractivity contribution in [1.82, 2.24) is 0 Å². The third-order valence-corrected chi connectivity index (χ3v) is 3.19. The second-order valence-corrected chi connectivity index (χ2v) is 4.86. The fourth-order valence-electron chi connectivity index (χ4n) is 2.08. The van der Waals surface area contributed by atoms with Crippen LogP contribution >= 0.6 is 0 Å². The van der Waals surface area contributed by atoms with Crippen molar-refractivity contribution in [3.05, 3.63) is 65.7 Å². The van der Waals surface area contributed by atoms with Crippen molar-refractivity contribution in [2.75, 3.05) is 5.32 Å². The van der Waals surface area contributed by atoms with Gasteiger partial charge in [-0.2, -0.15) is 0 Å². The van der Waals surface area contributed by atoms with Crippen LogP contribution < -0.4 is 5.32 Å². The summed E-state index contributed by atoms with van der Waals surface area (Å²) < 4.78 is 0. The Morgan fingerprint density at radius 1 is 1.10 bits per heavy atom. The summed E-state index contributed by atoms with van der Waals surface area (Å²) in [5.41, 5.74) is 2.13. The summed E-state index contributed by atoms with van der Waals surface area (Å²) in [5, 5.41) is 12.3. The number of hydrogen-bond acceptors (Lipinski definition) is 3. The quantitative estimate of drug-likeness (QED) is 0.800. The van der Waals surface area contributed by atoms with Crippen molar-refractivity contribution in [3.63, 3.8) is 0 Å². The molecule has 2 rings (SSSR count). The Bertz CT molecular complexity index is 637. The summed E-state index contributed by atoms with van der Waals surface area (Å²) in [5.74, 6) is -0.972. The Balaban J connectivity index is 2.15. The van der Waals surface area contributed by atoms with Crippen LogP contribution in [-0.2, 0) is 11.2 Å². The predicted molar refractivity (Wildman–Crippen MR) is 81.6 cm³/mol. The first kappa shape index (κ1) is 14.8. The van der Waals surface area contributed by atoms with Crippen LogP contribution in [0.3, 0.4) is 0 Å². The van der Waals surface area contributed by atoms with Crippen molar-refractivity contribution in [3.8, 4) is 0 Å². The number of anilines is 1. The van der Waals surface area contributed by atoms with E-state index in [9.17, 15) is 14.7 Å². The van der Waals surface area contributed by atoms with Crippen LogP contribution in [0.25, 0.3) is 0 Å². The number of carboxylic acid groups (broad SMARTS) is 1. The Hall–Kier alpha value is -2.62. The summed E-state index contributed by atoms with van der Waals surface area (Å²) in [6, 6.07) is 15.6. The molecule has 0 aromatic heterocycles. The number of carbonyl (C=O) groups excluding carboxylic acids is 1. The lowest BCUT2D eigenvalue weighted by Gasteiger charge is -2.16. The largest absolute Gasteiger partial charge is 0.480 e. The van der Waals surface area contributed by atoms with Gasteiger partial charge in [-0.25, -0.2) is 4.79 Å². The highest BCUT2D eigenvalue weighted by atomic mass is 16.4.